The molecule has 98 valence electrons. The van der Waals surface area contributed by atoms with Crippen LogP contribution in [0.1, 0.15) is 44.9 Å². The molecule has 3 aliphatic rings. The van der Waals surface area contributed by atoms with Crippen LogP contribution >= 0.6 is 0 Å². The summed E-state index contributed by atoms with van der Waals surface area (Å²) < 4.78 is 0. The maximum absolute atomic E-state index is 5.88. The van der Waals surface area contributed by atoms with Gasteiger partial charge in [0.05, 0.1) is 0 Å². The predicted molar refractivity (Wildman–Crippen MR) is 71.0 cm³/mol. The van der Waals surface area contributed by atoms with Crippen LogP contribution in [0.25, 0.3) is 0 Å². The van der Waals surface area contributed by atoms with E-state index >= 15 is 0 Å². The maximum Gasteiger partial charge on any atom is 0.0125 e. The van der Waals surface area contributed by atoms with E-state index < -0.39 is 0 Å². The van der Waals surface area contributed by atoms with Gasteiger partial charge >= 0.3 is 0 Å². The van der Waals surface area contributed by atoms with Crippen LogP contribution in [-0.4, -0.2) is 54.1 Å². The summed E-state index contributed by atoms with van der Waals surface area (Å²) in [4.78, 5) is 5.46. The van der Waals surface area contributed by atoms with Gasteiger partial charge in [0.1, 0.15) is 0 Å². The highest BCUT2D eigenvalue weighted by Crippen LogP contribution is 2.28. The Bertz CT molecular complexity index is 236. The third-order valence-electron chi connectivity index (χ3n) is 5.07. The fourth-order valence-corrected chi connectivity index (χ4v) is 3.83. The first-order chi connectivity index (χ1) is 8.33. The van der Waals surface area contributed by atoms with Crippen molar-refractivity contribution < 1.29 is 0 Å². The summed E-state index contributed by atoms with van der Waals surface area (Å²) >= 11 is 0. The summed E-state index contributed by atoms with van der Waals surface area (Å²) in [6.07, 6.45) is 9.59. The van der Waals surface area contributed by atoms with Gasteiger partial charge in [-0.15, -0.1) is 0 Å². The van der Waals surface area contributed by atoms with Gasteiger partial charge in [-0.25, -0.2) is 0 Å². The summed E-state index contributed by atoms with van der Waals surface area (Å²) in [7, 11) is 0. The number of hydrogen-bond donors (Lipinski definition) is 1. The number of nitrogens with two attached hydrogens (primary N) is 1. The van der Waals surface area contributed by atoms with E-state index in [9.17, 15) is 0 Å². The van der Waals surface area contributed by atoms with Gasteiger partial charge in [-0.2, -0.15) is 0 Å². The minimum Gasteiger partial charge on any atom is -0.328 e. The molecule has 3 fully saturated rings. The first-order valence-corrected chi connectivity index (χ1v) is 7.56. The second-order valence-electron chi connectivity index (χ2n) is 6.25. The standard InChI is InChI=1S/C14H27N3/c15-12-10-14(11-12)17-8-4-13(5-9-17)16-6-2-1-3-7-16/h12-14H,1-11,15H2. The Kier molecular flexibility index (Phi) is 3.69. The summed E-state index contributed by atoms with van der Waals surface area (Å²) in [6, 6.07) is 2.22. The molecule has 0 aromatic rings. The lowest BCUT2D eigenvalue weighted by Gasteiger charge is -2.46. The first-order valence-electron chi connectivity index (χ1n) is 7.56. The van der Waals surface area contributed by atoms with Gasteiger partial charge in [0.25, 0.3) is 0 Å². The average molecular weight is 237 g/mol. The molecule has 1 saturated carbocycles. The first kappa shape index (κ1) is 11.9. The van der Waals surface area contributed by atoms with Crippen molar-refractivity contribution >= 4 is 0 Å². The zero-order valence-corrected chi connectivity index (χ0v) is 11.0. The number of nitrogens with zero attached hydrogens (tertiary/aromatic N) is 2. The van der Waals surface area contributed by atoms with Crippen LogP contribution in [0, 0.1) is 0 Å². The van der Waals surface area contributed by atoms with E-state index in [1.807, 2.05) is 0 Å². The molecule has 1 aliphatic carbocycles. The Morgan fingerprint density at radius 3 is 1.88 bits per heavy atom. The molecule has 0 radical (unpaired) electrons. The van der Waals surface area contributed by atoms with Crippen molar-refractivity contribution in [2.75, 3.05) is 26.2 Å². The Morgan fingerprint density at radius 2 is 1.29 bits per heavy atom. The van der Waals surface area contributed by atoms with Crippen molar-refractivity contribution in [2.24, 2.45) is 5.73 Å². The number of piperidine rings is 2. The van der Waals surface area contributed by atoms with E-state index in [0.717, 1.165) is 12.1 Å². The maximum atomic E-state index is 5.88. The van der Waals surface area contributed by atoms with Crippen molar-refractivity contribution in [1.29, 1.82) is 0 Å². The zero-order chi connectivity index (χ0) is 11.7. The van der Waals surface area contributed by atoms with E-state index in [1.54, 1.807) is 0 Å². The largest absolute Gasteiger partial charge is 0.328 e. The minimum atomic E-state index is 0.500. The highest BCUT2D eigenvalue weighted by Gasteiger charge is 2.34. The van der Waals surface area contributed by atoms with Gasteiger partial charge in [-0.1, -0.05) is 6.42 Å². The molecule has 3 nitrogen and oxygen atoms in total. The number of hydrogen-bond acceptors (Lipinski definition) is 3. The Hall–Kier alpha value is -0.120. The van der Waals surface area contributed by atoms with Gasteiger partial charge in [-0.3, -0.25) is 0 Å². The molecule has 0 aromatic carbocycles. The van der Waals surface area contributed by atoms with Crippen molar-refractivity contribution in [3.63, 3.8) is 0 Å². The molecule has 0 unspecified atom stereocenters. The summed E-state index contributed by atoms with van der Waals surface area (Å²) in [5.41, 5.74) is 5.88. The molecule has 17 heavy (non-hydrogen) atoms. The van der Waals surface area contributed by atoms with Crippen molar-refractivity contribution in [3.8, 4) is 0 Å². The highest BCUT2D eigenvalue weighted by atomic mass is 15.2. The molecular weight excluding hydrogens is 210 g/mol. The lowest BCUT2D eigenvalue weighted by atomic mass is 9.84. The van der Waals surface area contributed by atoms with Crippen molar-refractivity contribution in [1.82, 2.24) is 9.80 Å². The fraction of sp³-hybridized carbons (Fsp3) is 1.00. The predicted octanol–water partition coefficient (Wildman–Crippen LogP) is 1.43. The van der Waals surface area contributed by atoms with Crippen LogP contribution in [0.3, 0.4) is 0 Å². The van der Waals surface area contributed by atoms with E-state index in [1.165, 1.54) is 71.1 Å². The van der Waals surface area contributed by atoms with Crippen LogP contribution < -0.4 is 5.73 Å². The third kappa shape index (κ3) is 2.67. The smallest absolute Gasteiger partial charge is 0.0125 e. The molecule has 3 rings (SSSR count). The molecule has 3 heteroatoms. The summed E-state index contributed by atoms with van der Waals surface area (Å²) in [6.45, 7) is 5.36. The quantitative estimate of drug-likeness (QED) is 0.788. The Morgan fingerprint density at radius 1 is 0.706 bits per heavy atom. The lowest BCUT2D eigenvalue weighted by Crippen LogP contribution is -2.55. The monoisotopic (exact) mass is 237 g/mol. The molecule has 0 spiro atoms. The van der Waals surface area contributed by atoms with Gasteiger partial charge in [0.2, 0.25) is 0 Å². The number of likely N-dealkylation sites (tertiary alicyclic amines) is 2. The molecule has 0 atom stereocenters. The second kappa shape index (κ2) is 5.25. The highest BCUT2D eigenvalue weighted by molar-refractivity contribution is 4.92. The van der Waals surface area contributed by atoms with E-state index in [4.69, 9.17) is 5.73 Å². The average Bonchev–Trinajstić information content (AvgIpc) is 2.36. The van der Waals surface area contributed by atoms with Crippen LogP contribution in [0.4, 0.5) is 0 Å². The third-order valence-corrected chi connectivity index (χ3v) is 5.07. The van der Waals surface area contributed by atoms with Crippen LogP contribution in [0.5, 0.6) is 0 Å². The molecule has 2 saturated heterocycles. The van der Waals surface area contributed by atoms with Gasteiger partial charge in [0, 0.05) is 18.1 Å². The molecule has 0 bridgehead atoms. The topological polar surface area (TPSA) is 32.5 Å². The van der Waals surface area contributed by atoms with Crippen molar-refractivity contribution in [2.45, 2.75) is 63.1 Å². The normalized spacial score (nSPS) is 37.9. The Balaban J connectivity index is 1.43. The summed E-state index contributed by atoms with van der Waals surface area (Å²) in [5, 5.41) is 0. The fourth-order valence-electron chi connectivity index (χ4n) is 3.83. The van der Waals surface area contributed by atoms with E-state index in [-0.39, 0.29) is 0 Å². The van der Waals surface area contributed by atoms with Gasteiger partial charge in [-0.05, 0) is 64.7 Å². The van der Waals surface area contributed by atoms with Crippen LogP contribution in [0.15, 0.2) is 0 Å². The van der Waals surface area contributed by atoms with Gasteiger partial charge < -0.3 is 15.5 Å². The lowest BCUT2D eigenvalue weighted by molar-refractivity contribution is 0.0425. The SMILES string of the molecule is NC1CC(N2CCC(N3CCCCC3)CC2)C1. The molecule has 2 N–H and O–H groups in total. The van der Waals surface area contributed by atoms with Crippen molar-refractivity contribution in [3.05, 3.63) is 0 Å². The summed E-state index contributed by atoms with van der Waals surface area (Å²) in [5.74, 6) is 0. The molecule has 2 heterocycles. The zero-order valence-electron chi connectivity index (χ0n) is 11.0. The number of rotatable bonds is 2. The van der Waals surface area contributed by atoms with Crippen LogP contribution in [0.2, 0.25) is 0 Å². The molecule has 0 aromatic heterocycles. The molecule has 0 amide bonds. The molecular formula is C14H27N3. The van der Waals surface area contributed by atoms with E-state index in [0.29, 0.717) is 6.04 Å². The van der Waals surface area contributed by atoms with E-state index in [2.05, 4.69) is 9.80 Å². The Labute approximate surface area is 105 Å². The second-order valence-corrected chi connectivity index (χ2v) is 6.25. The van der Waals surface area contributed by atoms with Gasteiger partial charge in [0.15, 0.2) is 0 Å². The minimum absolute atomic E-state index is 0.500. The molecule has 2 aliphatic heterocycles. The van der Waals surface area contributed by atoms with Crippen LogP contribution in [-0.2, 0) is 0 Å².